The van der Waals surface area contributed by atoms with E-state index in [9.17, 15) is 0 Å². The van der Waals surface area contributed by atoms with E-state index in [1.807, 2.05) is 6.92 Å². The van der Waals surface area contributed by atoms with Crippen LogP contribution >= 0.6 is 11.8 Å². The number of nitrogens with zero attached hydrogens (tertiary/aromatic N) is 2. The quantitative estimate of drug-likeness (QED) is 0.538. The van der Waals surface area contributed by atoms with Gasteiger partial charge in [0.1, 0.15) is 5.82 Å². The van der Waals surface area contributed by atoms with Crippen molar-refractivity contribution in [3.05, 3.63) is 11.8 Å². The summed E-state index contributed by atoms with van der Waals surface area (Å²) in [4.78, 5) is 8.25. The van der Waals surface area contributed by atoms with E-state index in [0.717, 1.165) is 16.6 Å². The third-order valence-electron chi connectivity index (χ3n) is 1.13. The van der Waals surface area contributed by atoms with Crippen LogP contribution in [-0.4, -0.2) is 15.7 Å². The van der Waals surface area contributed by atoms with Crippen LogP contribution in [0.2, 0.25) is 0 Å². The number of aromatic nitrogens is 2. The van der Waals surface area contributed by atoms with Crippen molar-refractivity contribution in [1.29, 1.82) is 0 Å². The van der Waals surface area contributed by atoms with Crippen LogP contribution in [0.3, 0.4) is 0 Å². The maximum atomic E-state index is 5.53. The lowest BCUT2D eigenvalue weighted by Gasteiger charge is -1.99. The Morgan fingerprint density at radius 2 is 2.27 bits per heavy atom. The summed E-state index contributed by atoms with van der Waals surface area (Å²) >= 11 is 1.60. The third-order valence-corrected chi connectivity index (χ3v) is 1.86. The second-order valence-electron chi connectivity index (χ2n) is 2.15. The Labute approximate surface area is 70.4 Å². The zero-order chi connectivity index (χ0) is 8.27. The molecule has 0 aromatic carbocycles. The van der Waals surface area contributed by atoms with E-state index in [-0.39, 0.29) is 0 Å². The molecule has 0 radical (unpaired) electrons. The lowest BCUT2D eigenvalue weighted by atomic mass is 10.4. The molecular weight excluding hydrogens is 158 g/mol. The maximum absolute atomic E-state index is 5.53. The smallest absolute Gasteiger partial charge is 0.189 e. The molecule has 11 heavy (non-hydrogen) atoms. The van der Waals surface area contributed by atoms with Gasteiger partial charge < -0.3 is 5.73 Å². The van der Waals surface area contributed by atoms with Gasteiger partial charge in [-0.05, 0) is 12.7 Å². The van der Waals surface area contributed by atoms with Crippen molar-refractivity contribution in [2.24, 2.45) is 0 Å². The van der Waals surface area contributed by atoms with Crippen molar-refractivity contribution in [3.63, 3.8) is 0 Å². The van der Waals surface area contributed by atoms with E-state index in [0.29, 0.717) is 5.82 Å². The van der Waals surface area contributed by atoms with Gasteiger partial charge in [0.05, 0.1) is 0 Å². The van der Waals surface area contributed by atoms with E-state index in [4.69, 9.17) is 5.73 Å². The van der Waals surface area contributed by atoms with Crippen LogP contribution in [0.5, 0.6) is 0 Å². The second kappa shape index (κ2) is 3.57. The molecular formula is C7H11N3S. The summed E-state index contributed by atoms with van der Waals surface area (Å²) in [5.74, 6) is 1.52. The highest BCUT2D eigenvalue weighted by Gasteiger charge is 1.97. The Balaban J connectivity index is 2.89. The van der Waals surface area contributed by atoms with E-state index < -0.39 is 0 Å². The van der Waals surface area contributed by atoms with Gasteiger partial charge in [0, 0.05) is 11.8 Å². The summed E-state index contributed by atoms with van der Waals surface area (Å²) < 4.78 is 0. The average molecular weight is 169 g/mol. The molecule has 0 aliphatic carbocycles. The zero-order valence-electron chi connectivity index (χ0n) is 6.66. The standard InChI is InChI=1S/C7H11N3S/c1-3-11-7-9-5(2)4-6(8)10-7/h4H,3H2,1-2H3,(H2,8,9,10). The van der Waals surface area contributed by atoms with Crippen molar-refractivity contribution in [1.82, 2.24) is 9.97 Å². The van der Waals surface area contributed by atoms with Gasteiger partial charge in [-0.15, -0.1) is 0 Å². The van der Waals surface area contributed by atoms with E-state index in [1.54, 1.807) is 17.8 Å². The van der Waals surface area contributed by atoms with Crippen LogP contribution in [0.4, 0.5) is 5.82 Å². The summed E-state index contributed by atoms with van der Waals surface area (Å²) in [5, 5.41) is 0.769. The summed E-state index contributed by atoms with van der Waals surface area (Å²) in [6.07, 6.45) is 0. The Kier molecular flexibility index (Phi) is 2.70. The molecule has 0 spiro atoms. The zero-order valence-corrected chi connectivity index (χ0v) is 7.48. The van der Waals surface area contributed by atoms with Crippen LogP contribution in [0.15, 0.2) is 11.2 Å². The first-order valence-electron chi connectivity index (χ1n) is 3.46. The largest absolute Gasteiger partial charge is 0.384 e. The fraction of sp³-hybridized carbons (Fsp3) is 0.429. The first kappa shape index (κ1) is 8.33. The van der Waals surface area contributed by atoms with Crippen molar-refractivity contribution in [2.75, 3.05) is 11.5 Å². The highest BCUT2D eigenvalue weighted by Crippen LogP contribution is 2.13. The predicted octanol–water partition coefficient (Wildman–Crippen LogP) is 1.48. The van der Waals surface area contributed by atoms with Crippen molar-refractivity contribution >= 4 is 17.6 Å². The molecule has 3 nitrogen and oxygen atoms in total. The summed E-state index contributed by atoms with van der Waals surface area (Å²) in [5.41, 5.74) is 6.45. The number of anilines is 1. The number of hydrogen-bond acceptors (Lipinski definition) is 4. The molecule has 0 fully saturated rings. The lowest BCUT2D eigenvalue weighted by Crippen LogP contribution is -1.96. The first-order valence-corrected chi connectivity index (χ1v) is 4.45. The molecule has 4 heteroatoms. The van der Waals surface area contributed by atoms with Gasteiger partial charge in [0.15, 0.2) is 5.16 Å². The molecule has 0 amide bonds. The van der Waals surface area contributed by atoms with E-state index >= 15 is 0 Å². The molecule has 0 unspecified atom stereocenters. The minimum absolute atomic E-state index is 0.549. The van der Waals surface area contributed by atoms with Gasteiger partial charge in [0.2, 0.25) is 0 Å². The van der Waals surface area contributed by atoms with Crippen LogP contribution < -0.4 is 5.73 Å². The van der Waals surface area contributed by atoms with Crippen LogP contribution in [-0.2, 0) is 0 Å². The first-order chi connectivity index (χ1) is 5.22. The number of hydrogen-bond donors (Lipinski definition) is 1. The van der Waals surface area contributed by atoms with Crippen LogP contribution in [0.1, 0.15) is 12.6 Å². The molecule has 1 rings (SSSR count). The van der Waals surface area contributed by atoms with Gasteiger partial charge in [-0.3, -0.25) is 0 Å². The predicted molar refractivity (Wildman–Crippen MR) is 47.6 cm³/mol. The molecule has 2 N–H and O–H groups in total. The monoisotopic (exact) mass is 169 g/mol. The molecule has 1 aromatic heterocycles. The van der Waals surface area contributed by atoms with Crippen LogP contribution in [0.25, 0.3) is 0 Å². The molecule has 0 aliphatic heterocycles. The Morgan fingerprint density at radius 1 is 1.55 bits per heavy atom. The second-order valence-corrected chi connectivity index (χ2v) is 3.38. The number of nitrogens with two attached hydrogens (primary N) is 1. The molecule has 0 saturated heterocycles. The fourth-order valence-corrected chi connectivity index (χ4v) is 1.40. The van der Waals surface area contributed by atoms with Gasteiger partial charge in [0.25, 0.3) is 0 Å². The number of aryl methyl sites for hydroxylation is 1. The van der Waals surface area contributed by atoms with Crippen molar-refractivity contribution < 1.29 is 0 Å². The number of nitrogen functional groups attached to an aromatic ring is 1. The van der Waals surface area contributed by atoms with E-state index in [1.165, 1.54) is 0 Å². The highest BCUT2D eigenvalue weighted by atomic mass is 32.2. The lowest BCUT2D eigenvalue weighted by molar-refractivity contribution is 0.941. The summed E-state index contributed by atoms with van der Waals surface area (Å²) in [7, 11) is 0. The summed E-state index contributed by atoms with van der Waals surface area (Å²) in [6, 6.07) is 1.76. The highest BCUT2D eigenvalue weighted by molar-refractivity contribution is 7.99. The van der Waals surface area contributed by atoms with E-state index in [2.05, 4.69) is 16.9 Å². The minimum atomic E-state index is 0.549. The van der Waals surface area contributed by atoms with Gasteiger partial charge >= 0.3 is 0 Å². The molecule has 0 bridgehead atoms. The number of rotatable bonds is 2. The Bertz CT molecular complexity index is 229. The SMILES string of the molecule is CCSc1nc(C)cc(N)n1. The van der Waals surface area contributed by atoms with Gasteiger partial charge in [-0.1, -0.05) is 18.7 Å². The summed E-state index contributed by atoms with van der Waals surface area (Å²) in [6.45, 7) is 3.98. The molecule has 60 valence electrons. The molecule has 0 aliphatic rings. The Hall–Kier alpha value is -0.770. The normalized spacial score (nSPS) is 10.0. The van der Waals surface area contributed by atoms with Crippen molar-refractivity contribution in [3.8, 4) is 0 Å². The topological polar surface area (TPSA) is 51.8 Å². The molecule has 1 heterocycles. The molecule has 0 saturated carbocycles. The minimum Gasteiger partial charge on any atom is -0.384 e. The van der Waals surface area contributed by atoms with Crippen molar-refractivity contribution in [2.45, 2.75) is 19.0 Å². The fourth-order valence-electron chi connectivity index (χ4n) is 0.759. The Morgan fingerprint density at radius 3 is 2.82 bits per heavy atom. The number of thioether (sulfide) groups is 1. The molecule has 1 aromatic rings. The van der Waals surface area contributed by atoms with Gasteiger partial charge in [-0.25, -0.2) is 9.97 Å². The molecule has 0 atom stereocenters. The third kappa shape index (κ3) is 2.38. The van der Waals surface area contributed by atoms with Crippen LogP contribution in [0, 0.1) is 6.92 Å². The maximum Gasteiger partial charge on any atom is 0.189 e. The van der Waals surface area contributed by atoms with Gasteiger partial charge in [-0.2, -0.15) is 0 Å². The average Bonchev–Trinajstić information content (AvgIpc) is 1.85.